The highest BCUT2D eigenvalue weighted by Gasteiger charge is 2.12. The van der Waals surface area contributed by atoms with Gasteiger partial charge in [-0.3, -0.25) is 9.59 Å². The van der Waals surface area contributed by atoms with Crippen LogP contribution >= 0.6 is 0 Å². The molecular weight excluding hydrogens is 218 g/mol. The number of ether oxygens (including phenoxy) is 1. The van der Waals surface area contributed by atoms with Crippen LogP contribution in [0.2, 0.25) is 0 Å². The molecule has 0 atom stereocenters. The Hall–Kier alpha value is -1.06. The van der Waals surface area contributed by atoms with Crippen LogP contribution in [0.15, 0.2) is 0 Å². The van der Waals surface area contributed by atoms with Crippen LogP contribution in [0.5, 0.6) is 0 Å². The summed E-state index contributed by atoms with van der Waals surface area (Å²) in [5.74, 6) is -0.0594. The van der Waals surface area contributed by atoms with E-state index < -0.39 is 0 Å². The number of rotatable bonds is 9. The minimum atomic E-state index is -0.210. The Labute approximate surface area is 104 Å². The Kier molecular flexibility index (Phi) is 9.49. The molecule has 0 aliphatic heterocycles. The highest BCUT2D eigenvalue weighted by Crippen LogP contribution is 2.04. The fraction of sp³-hybridized carbons (Fsp3) is 0.846. The normalized spacial score (nSPS) is 10.1. The molecule has 17 heavy (non-hydrogen) atoms. The third-order valence-electron chi connectivity index (χ3n) is 2.42. The van der Waals surface area contributed by atoms with Crippen molar-refractivity contribution in [3.05, 3.63) is 0 Å². The highest BCUT2D eigenvalue weighted by atomic mass is 16.5. The first-order valence-electron chi connectivity index (χ1n) is 6.59. The Bertz CT molecular complexity index is 223. The SMILES string of the molecule is CCCN(CCC)C(=O)CCCC(=O)OCC. The Morgan fingerprint density at radius 2 is 1.59 bits per heavy atom. The van der Waals surface area contributed by atoms with Crippen LogP contribution in [0.1, 0.15) is 52.9 Å². The molecule has 1 amide bonds. The van der Waals surface area contributed by atoms with Crippen molar-refractivity contribution >= 4 is 11.9 Å². The summed E-state index contributed by atoms with van der Waals surface area (Å²) >= 11 is 0. The monoisotopic (exact) mass is 243 g/mol. The lowest BCUT2D eigenvalue weighted by Gasteiger charge is -2.21. The average Bonchev–Trinajstić information content (AvgIpc) is 2.29. The molecule has 0 bridgehead atoms. The first kappa shape index (κ1) is 15.9. The van der Waals surface area contributed by atoms with E-state index in [1.807, 2.05) is 4.90 Å². The molecule has 4 heteroatoms. The zero-order chi connectivity index (χ0) is 13.1. The van der Waals surface area contributed by atoms with Crippen LogP contribution in [0.25, 0.3) is 0 Å². The number of esters is 1. The van der Waals surface area contributed by atoms with Gasteiger partial charge in [0.2, 0.25) is 5.91 Å². The molecule has 0 heterocycles. The smallest absolute Gasteiger partial charge is 0.305 e. The van der Waals surface area contributed by atoms with Crippen molar-refractivity contribution in [2.45, 2.75) is 52.9 Å². The fourth-order valence-corrected chi connectivity index (χ4v) is 1.68. The molecule has 0 N–H and O–H groups in total. The van der Waals surface area contributed by atoms with Gasteiger partial charge in [-0.15, -0.1) is 0 Å². The predicted octanol–water partition coefficient (Wildman–Crippen LogP) is 2.37. The number of hydrogen-bond acceptors (Lipinski definition) is 3. The second kappa shape index (κ2) is 10.1. The molecule has 0 aromatic heterocycles. The second-order valence-electron chi connectivity index (χ2n) is 4.04. The molecule has 0 radical (unpaired) electrons. The van der Waals surface area contributed by atoms with E-state index in [0.29, 0.717) is 25.9 Å². The van der Waals surface area contributed by atoms with Crippen LogP contribution in [-0.2, 0) is 14.3 Å². The van der Waals surface area contributed by atoms with Gasteiger partial charge in [0.05, 0.1) is 6.61 Å². The maximum absolute atomic E-state index is 11.8. The third kappa shape index (κ3) is 7.77. The van der Waals surface area contributed by atoms with E-state index in [-0.39, 0.29) is 11.9 Å². The van der Waals surface area contributed by atoms with E-state index in [4.69, 9.17) is 4.74 Å². The summed E-state index contributed by atoms with van der Waals surface area (Å²) in [5, 5.41) is 0. The maximum Gasteiger partial charge on any atom is 0.305 e. The van der Waals surface area contributed by atoms with Gasteiger partial charge in [-0.25, -0.2) is 0 Å². The van der Waals surface area contributed by atoms with Crippen LogP contribution in [-0.4, -0.2) is 36.5 Å². The fourth-order valence-electron chi connectivity index (χ4n) is 1.68. The standard InChI is InChI=1S/C13H25NO3/c1-4-10-14(11-5-2)12(15)8-7-9-13(16)17-6-3/h4-11H2,1-3H3. The summed E-state index contributed by atoms with van der Waals surface area (Å²) < 4.78 is 4.82. The largest absolute Gasteiger partial charge is 0.466 e. The van der Waals surface area contributed by atoms with Gasteiger partial charge in [-0.05, 0) is 26.2 Å². The third-order valence-corrected chi connectivity index (χ3v) is 2.42. The van der Waals surface area contributed by atoms with Crippen molar-refractivity contribution in [3.8, 4) is 0 Å². The first-order valence-corrected chi connectivity index (χ1v) is 6.59. The summed E-state index contributed by atoms with van der Waals surface area (Å²) in [6, 6.07) is 0. The van der Waals surface area contributed by atoms with Gasteiger partial charge in [0, 0.05) is 25.9 Å². The quantitative estimate of drug-likeness (QED) is 0.584. The molecule has 0 rings (SSSR count). The Balaban J connectivity index is 3.84. The topological polar surface area (TPSA) is 46.6 Å². The summed E-state index contributed by atoms with van der Waals surface area (Å²) in [5.41, 5.74) is 0. The number of hydrogen-bond donors (Lipinski definition) is 0. The zero-order valence-electron chi connectivity index (χ0n) is 11.3. The van der Waals surface area contributed by atoms with Crippen molar-refractivity contribution in [2.75, 3.05) is 19.7 Å². The van der Waals surface area contributed by atoms with Crippen molar-refractivity contribution in [3.63, 3.8) is 0 Å². The lowest BCUT2D eigenvalue weighted by molar-refractivity contribution is -0.143. The summed E-state index contributed by atoms with van der Waals surface area (Å²) in [6.45, 7) is 7.94. The van der Waals surface area contributed by atoms with Gasteiger partial charge in [0.1, 0.15) is 0 Å². The minimum absolute atomic E-state index is 0.151. The molecule has 0 aromatic carbocycles. The predicted molar refractivity (Wildman–Crippen MR) is 67.6 cm³/mol. The second-order valence-corrected chi connectivity index (χ2v) is 4.04. The molecule has 0 aromatic rings. The van der Waals surface area contributed by atoms with Gasteiger partial charge < -0.3 is 9.64 Å². The van der Waals surface area contributed by atoms with Gasteiger partial charge in [0.25, 0.3) is 0 Å². The van der Waals surface area contributed by atoms with Gasteiger partial charge >= 0.3 is 5.97 Å². The zero-order valence-corrected chi connectivity index (χ0v) is 11.3. The van der Waals surface area contributed by atoms with Crippen molar-refractivity contribution in [1.82, 2.24) is 4.90 Å². The van der Waals surface area contributed by atoms with E-state index in [1.54, 1.807) is 6.92 Å². The molecule has 0 aliphatic rings. The van der Waals surface area contributed by atoms with Crippen LogP contribution in [0.4, 0.5) is 0 Å². The van der Waals surface area contributed by atoms with Crippen molar-refractivity contribution in [1.29, 1.82) is 0 Å². The number of amides is 1. The molecule has 4 nitrogen and oxygen atoms in total. The molecular formula is C13H25NO3. The molecule has 0 unspecified atom stereocenters. The van der Waals surface area contributed by atoms with Crippen LogP contribution < -0.4 is 0 Å². The molecule has 100 valence electrons. The number of carbonyl (C=O) groups is 2. The summed E-state index contributed by atoms with van der Waals surface area (Å²) in [4.78, 5) is 24.8. The maximum atomic E-state index is 11.8. The van der Waals surface area contributed by atoms with E-state index in [2.05, 4.69) is 13.8 Å². The average molecular weight is 243 g/mol. The number of carbonyl (C=O) groups excluding carboxylic acids is 2. The first-order chi connectivity index (χ1) is 8.15. The highest BCUT2D eigenvalue weighted by molar-refractivity contribution is 5.77. The lowest BCUT2D eigenvalue weighted by Crippen LogP contribution is -2.32. The molecule has 0 saturated carbocycles. The Morgan fingerprint density at radius 1 is 1.00 bits per heavy atom. The molecule has 0 aliphatic carbocycles. The Morgan fingerprint density at radius 3 is 2.06 bits per heavy atom. The van der Waals surface area contributed by atoms with Crippen LogP contribution in [0.3, 0.4) is 0 Å². The molecule has 0 fully saturated rings. The minimum Gasteiger partial charge on any atom is -0.466 e. The van der Waals surface area contributed by atoms with Gasteiger partial charge in [-0.1, -0.05) is 13.8 Å². The summed E-state index contributed by atoms with van der Waals surface area (Å²) in [7, 11) is 0. The van der Waals surface area contributed by atoms with Crippen molar-refractivity contribution < 1.29 is 14.3 Å². The van der Waals surface area contributed by atoms with E-state index >= 15 is 0 Å². The van der Waals surface area contributed by atoms with E-state index in [0.717, 1.165) is 25.9 Å². The van der Waals surface area contributed by atoms with Gasteiger partial charge in [-0.2, -0.15) is 0 Å². The molecule has 0 spiro atoms. The lowest BCUT2D eigenvalue weighted by atomic mass is 10.2. The molecule has 0 saturated heterocycles. The summed E-state index contributed by atoms with van der Waals surface area (Å²) in [6.07, 6.45) is 3.32. The van der Waals surface area contributed by atoms with E-state index in [9.17, 15) is 9.59 Å². The van der Waals surface area contributed by atoms with Crippen LogP contribution in [0, 0.1) is 0 Å². The number of nitrogens with zero attached hydrogens (tertiary/aromatic N) is 1. The van der Waals surface area contributed by atoms with Gasteiger partial charge in [0.15, 0.2) is 0 Å². The van der Waals surface area contributed by atoms with Crippen molar-refractivity contribution in [2.24, 2.45) is 0 Å². The van der Waals surface area contributed by atoms with E-state index in [1.165, 1.54) is 0 Å².